The van der Waals surface area contributed by atoms with E-state index in [-0.39, 0.29) is 12.4 Å². The van der Waals surface area contributed by atoms with Crippen LogP contribution in [0, 0.1) is 20.8 Å². The zero-order valence-electron chi connectivity index (χ0n) is 24.1. The summed E-state index contributed by atoms with van der Waals surface area (Å²) in [5.74, 6) is 2.50. The molecule has 0 fully saturated rings. The number of esters is 1. The van der Waals surface area contributed by atoms with Gasteiger partial charge in [0, 0.05) is 12.0 Å². The second kappa shape index (κ2) is 11.6. The van der Waals surface area contributed by atoms with Crippen LogP contribution >= 0.6 is 0 Å². The quantitative estimate of drug-likeness (QED) is 0.205. The maximum absolute atomic E-state index is 12.6. The van der Waals surface area contributed by atoms with Crippen molar-refractivity contribution in [2.45, 2.75) is 65.6 Å². The van der Waals surface area contributed by atoms with Crippen LogP contribution in [-0.2, 0) is 29.0 Å². The van der Waals surface area contributed by atoms with Crippen molar-refractivity contribution < 1.29 is 23.7 Å². The molecule has 1 atom stereocenters. The van der Waals surface area contributed by atoms with E-state index in [9.17, 15) is 4.79 Å². The van der Waals surface area contributed by atoms with Crippen LogP contribution in [-0.4, -0.2) is 25.3 Å². The first-order valence-corrected chi connectivity index (χ1v) is 14.0. The lowest BCUT2D eigenvalue weighted by molar-refractivity contribution is -0.144. The Balaban J connectivity index is 1.19. The van der Waals surface area contributed by atoms with E-state index in [4.69, 9.17) is 18.9 Å². The van der Waals surface area contributed by atoms with Crippen LogP contribution in [0.2, 0.25) is 0 Å². The van der Waals surface area contributed by atoms with Crippen LogP contribution in [0.15, 0.2) is 66.7 Å². The van der Waals surface area contributed by atoms with Crippen LogP contribution < -0.4 is 14.2 Å². The van der Waals surface area contributed by atoms with Crippen molar-refractivity contribution in [1.82, 2.24) is 0 Å². The van der Waals surface area contributed by atoms with E-state index < -0.39 is 5.60 Å². The molecule has 0 bridgehead atoms. The summed E-state index contributed by atoms with van der Waals surface area (Å²) < 4.78 is 23.9. The third kappa shape index (κ3) is 5.94. The minimum atomic E-state index is -0.397. The maximum atomic E-state index is 12.6. The molecule has 1 aliphatic heterocycles. The number of fused-ring (bicyclic) bond motifs is 2. The number of benzene rings is 4. The summed E-state index contributed by atoms with van der Waals surface area (Å²) >= 11 is 0. The fourth-order valence-electron chi connectivity index (χ4n) is 5.51. The predicted octanol–water partition coefficient (Wildman–Crippen LogP) is 7.61. The second-order valence-electron chi connectivity index (χ2n) is 11.0. The van der Waals surface area contributed by atoms with Gasteiger partial charge in [-0.25, -0.2) is 0 Å². The molecule has 0 unspecified atom stereocenters. The first-order chi connectivity index (χ1) is 19.3. The van der Waals surface area contributed by atoms with Crippen molar-refractivity contribution in [1.29, 1.82) is 0 Å². The van der Waals surface area contributed by atoms with Crippen molar-refractivity contribution in [3.05, 3.63) is 100 Å². The van der Waals surface area contributed by atoms with Crippen molar-refractivity contribution >= 4 is 16.7 Å². The van der Waals surface area contributed by atoms with Crippen LogP contribution in [0.25, 0.3) is 10.8 Å². The van der Waals surface area contributed by atoms with Gasteiger partial charge < -0.3 is 18.9 Å². The summed E-state index contributed by atoms with van der Waals surface area (Å²) in [6.07, 6.45) is 2.63. The average Bonchev–Trinajstić information content (AvgIpc) is 2.96. The summed E-state index contributed by atoms with van der Waals surface area (Å²) in [6.45, 7) is 9.31. The summed E-state index contributed by atoms with van der Waals surface area (Å²) in [7, 11) is 1.66. The minimum Gasteiger partial charge on any atom is -0.497 e. The molecule has 5 rings (SSSR count). The molecule has 4 aromatic rings. The molecule has 0 spiro atoms. The second-order valence-corrected chi connectivity index (χ2v) is 11.0. The summed E-state index contributed by atoms with van der Waals surface area (Å²) in [5.41, 5.74) is 6.27. The SMILES string of the molecule is COc1ccc2cc(CC(=O)OCC[C@]3(C)CCc4c(C)c(OCc5ccccc5)c(C)c(C)c4O3)ccc2c1. The van der Waals surface area contributed by atoms with Crippen molar-refractivity contribution in [3.8, 4) is 17.2 Å². The van der Waals surface area contributed by atoms with Crippen LogP contribution in [0.3, 0.4) is 0 Å². The summed E-state index contributed by atoms with van der Waals surface area (Å²) in [5, 5.41) is 2.15. The van der Waals surface area contributed by atoms with E-state index in [2.05, 4.69) is 39.8 Å². The van der Waals surface area contributed by atoms with Crippen LogP contribution in [0.5, 0.6) is 17.2 Å². The zero-order valence-corrected chi connectivity index (χ0v) is 24.1. The predicted molar refractivity (Wildman–Crippen MR) is 159 cm³/mol. The highest BCUT2D eigenvalue weighted by atomic mass is 16.5. The van der Waals surface area contributed by atoms with Gasteiger partial charge in [0.1, 0.15) is 29.5 Å². The molecule has 0 radical (unpaired) electrons. The van der Waals surface area contributed by atoms with Gasteiger partial charge in [-0.15, -0.1) is 0 Å². The van der Waals surface area contributed by atoms with Crippen molar-refractivity contribution in [2.24, 2.45) is 0 Å². The molecule has 5 heteroatoms. The van der Waals surface area contributed by atoms with Gasteiger partial charge in [0.15, 0.2) is 0 Å². The fourth-order valence-corrected chi connectivity index (χ4v) is 5.51. The highest BCUT2D eigenvalue weighted by molar-refractivity contribution is 5.85. The lowest BCUT2D eigenvalue weighted by atomic mass is 9.86. The monoisotopic (exact) mass is 538 g/mol. The number of carbonyl (C=O) groups excluding carboxylic acids is 1. The Morgan fingerprint density at radius 1 is 0.900 bits per heavy atom. The fraction of sp³-hybridized carbons (Fsp3) is 0.343. The van der Waals surface area contributed by atoms with Gasteiger partial charge in [0.05, 0.1) is 20.1 Å². The molecular weight excluding hydrogens is 500 g/mol. The highest BCUT2D eigenvalue weighted by Gasteiger charge is 2.35. The summed E-state index contributed by atoms with van der Waals surface area (Å²) in [4.78, 5) is 12.6. The molecule has 5 nitrogen and oxygen atoms in total. The standard InChI is InChI=1S/C35H38O5/c1-23-24(2)34-31(25(3)33(23)39-22-26-9-7-6-8-10-26)15-16-35(4,40-34)17-18-38-32(36)20-27-11-12-29-21-30(37-5)14-13-28(29)19-27/h6-14,19,21H,15-18,20,22H2,1-5H3/t35-/m0/s1. The number of methoxy groups -OCH3 is 1. The molecular formula is C35H38O5. The number of rotatable bonds is 9. The molecule has 1 aliphatic rings. The van der Waals surface area contributed by atoms with Crippen LogP contribution in [0.1, 0.15) is 53.1 Å². The topological polar surface area (TPSA) is 54.0 Å². The van der Waals surface area contributed by atoms with Gasteiger partial charge in [-0.2, -0.15) is 0 Å². The number of hydrogen-bond donors (Lipinski definition) is 0. The Labute approximate surface area is 237 Å². The maximum Gasteiger partial charge on any atom is 0.310 e. The number of hydrogen-bond acceptors (Lipinski definition) is 5. The zero-order chi connectivity index (χ0) is 28.3. The third-order valence-electron chi connectivity index (χ3n) is 8.14. The van der Waals surface area contributed by atoms with Gasteiger partial charge in [0.25, 0.3) is 0 Å². The van der Waals surface area contributed by atoms with Gasteiger partial charge in [0.2, 0.25) is 0 Å². The Morgan fingerprint density at radius 2 is 1.65 bits per heavy atom. The molecule has 0 saturated carbocycles. The first-order valence-electron chi connectivity index (χ1n) is 14.0. The normalized spacial score (nSPS) is 16.2. The van der Waals surface area contributed by atoms with Crippen molar-refractivity contribution in [3.63, 3.8) is 0 Å². The molecule has 0 aliphatic carbocycles. The Hall–Kier alpha value is -3.99. The van der Waals surface area contributed by atoms with E-state index >= 15 is 0 Å². The van der Waals surface area contributed by atoms with Crippen LogP contribution in [0.4, 0.5) is 0 Å². The van der Waals surface area contributed by atoms with E-state index in [0.717, 1.165) is 68.7 Å². The number of ether oxygens (including phenoxy) is 4. The molecule has 208 valence electrons. The lowest BCUT2D eigenvalue weighted by Crippen LogP contribution is -2.38. The van der Waals surface area contributed by atoms with E-state index in [0.29, 0.717) is 19.6 Å². The Kier molecular flexibility index (Phi) is 8.02. The molecule has 40 heavy (non-hydrogen) atoms. The molecule has 0 saturated heterocycles. The molecule has 0 aromatic heterocycles. The van der Waals surface area contributed by atoms with Gasteiger partial charge in [-0.1, -0.05) is 54.6 Å². The molecule has 0 N–H and O–H groups in total. The molecule has 1 heterocycles. The Bertz CT molecular complexity index is 1520. The van der Waals surface area contributed by atoms with Gasteiger partial charge >= 0.3 is 5.97 Å². The van der Waals surface area contributed by atoms with E-state index in [1.165, 1.54) is 5.56 Å². The smallest absolute Gasteiger partial charge is 0.310 e. The third-order valence-corrected chi connectivity index (χ3v) is 8.14. The Morgan fingerprint density at radius 3 is 2.42 bits per heavy atom. The minimum absolute atomic E-state index is 0.226. The van der Waals surface area contributed by atoms with E-state index in [1.807, 2.05) is 54.6 Å². The van der Waals surface area contributed by atoms with Crippen molar-refractivity contribution in [2.75, 3.05) is 13.7 Å². The lowest BCUT2D eigenvalue weighted by Gasteiger charge is -2.38. The molecule has 4 aromatic carbocycles. The summed E-state index contributed by atoms with van der Waals surface area (Å²) in [6, 6.07) is 22.2. The molecule has 0 amide bonds. The highest BCUT2D eigenvalue weighted by Crippen LogP contribution is 2.44. The largest absolute Gasteiger partial charge is 0.497 e. The first kappa shape index (κ1) is 27.6. The van der Waals surface area contributed by atoms with E-state index in [1.54, 1.807) is 7.11 Å². The van der Waals surface area contributed by atoms with Gasteiger partial charge in [-0.3, -0.25) is 4.79 Å². The van der Waals surface area contributed by atoms with Gasteiger partial charge in [-0.05, 0) is 91.3 Å². The average molecular weight is 539 g/mol. The number of carbonyl (C=O) groups is 1.